The lowest BCUT2D eigenvalue weighted by atomic mass is 10.0. The number of benzene rings is 1. The number of hydrazine groups is 1. The number of nitrogens with one attached hydrogen (secondary N) is 1. The van der Waals surface area contributed by atoms with Gasteiger partial charge in [-0.3, -0.25) is 5.84 Å². The summed E-state index contributed by atoms with van der Waals surface area (Å²) >= 11 is 9.42. The first kappa shape index (κ1) is 16.0. The van der Waals surface area contributed by atoms with Crippen molar-refractivity contribution in [2.24, 2.45) is 5.84 Å². The lowest BCUT2D eigenvalue weighted by molar-refractivity contribution is 0.352. The Hall–Kier alpha value is -1.41. The van der Waals surface area contributed by atoms with Crippen LogP contribution in [-0.2, 0) is 0 Å². The first-order chi connectivity index (χ1) is 10.1. The molecule has 0 saturated carbocycles. The van der Waals surface area contributed by atoms with Gasteiger partial charge in [0.1, 0.15) is 5.69 Å². The van der Waals surface area contributed by atoms with Crippen molar-refractivity contribution < 1.29 is 9.47 Å². The highest BCUT2D eigenvalue weighted by atomic mass is 79.9. The van der Waals surface area contributed by atoms with E-state index >= 15 is 0 Å². The normalized spacial score (nSPS) is 12.0. The van der Waals surface area contributed by atoms with E-state index in [9.17, 15) is 0 Å². The van der Waals surface area contributed by atoms with Crippen LogP contribution in [-0.4, -0.2) is 24.2 Å². The summed E-state index contributed by atoms with van der Waals surface area (Å²) in [4.78, 5) is 8.53. The van der Waals surface area contributed by atoms with Gasteiger partial charge >= 0.3 is 0 Å². The van der Waals surface area contributed by atoms with Gasteiger partial charge in [0, 0.05) is 9.50 Å². The summed E-state index contributed by atoms with van der Waals surface area (Å²) < 4.78 is 11.1. The van der Waals surface area contributed by atoms with E-state index in [1.54, 1.807) is 12.1 Å². The molecule has 1 aromatic heterocycles. The highest BCUT2D eigenvalue weighted by Gasteiger charge is 2.22. The molecule has 0 amide bonds. The van der Waals surface area contributed by atoms with Crippen LogP contribution >= 0.6 is 27.5 Å². The summed E-state index contributed by atoms with van der Waals surface area (Å²) in [6.07, 6.45) is 1.51. The fraction of sp³-hybridized carbons (Fsp3) is 0.231. The molecule has 2 aromatic rings. The minimum atomic E-state index is -0.412. The molecule has 0 saturated heterocycles. The molecular weight excluding hydrogens is 360 g/mol. The maximum atomic E-state index is 5.96. The predicted octanol–water partition coefficient (Wildman–Crippen LogP) is 2.46. The molecule has 0 spiro atoms. The van der Waals surface area contributed by atoms with Crippen molar-refractivity contribution in [2.75, 3.05) is 14.2 Å². The molecule has 2 rings (SSSR count). The van der Waals surface area contributed by atoms with E-state index in [-0.39, 0.29) is 0 Å². The number of hydrogen-bond donors (Lipinski definition) is 2. The van der Waals surface area contributed by atoms with Crippen LogP contribution < -0.4 is 20.7 Å². The Morgan fingerprint density at radius 3 is 2.67 bits per heavy atom. The third-order valence-electron chi connectivity index (χ3n) is 2.86. The van der Waals surface area contributed by atoms with E-state index in [0.717, 1.165) is 10.0 Å². The Morgan fingerprint density at radius 1 is 1.33 bits per heavy atom. The van der Waals surface area contributed by atoms with Gasteiger partial charge in [-0.05, 0) is 17.7 Å². The van der Waals surface area contributed by atoms with Crippen molar-refractivity contribution >= 4 is 27.5 Å². The molecule has 0 bridgehead atoms. The highest BCUT2D eigenvalue weighted by molar-refractivity contribution is 9.10. The molecule has 0 aliphatic heterocycles. The minimum absolute atomic E-state index is 0.333. The monoisotopic (exact) mass is 372 g/mol. The van der Waals surface area contributed by atoms with Crippen molar-refractivity contribution in [3.8, 4) is 11.8 Å². The molecule has 0 aliphatic rings. The molecule has 3 N–H and O–H groups in total. The summed E-state index contributed by atoms with van der Waals surface area (Å²) in [5.74, 6) is 6.37. The molecule has 0 fully saturated rings. The average Bonchev–Trinajstić information content (AvgIpc) is 2.50. The summed E-state index contributed by atoms with van der Waals surface area (Å²) in [5.41, 5.74) is 4.12. The van der Waals surface area contributed by atoms with Crippen LogP contribution in [0.25, 0.3) is 0 Å². The van der Waals surface area contributed by atoms with E-state index in [1.807, 2.05) is 6.07 Å². The van der Waals surface area contributed by atoms with Crippen LogP contribution in [0.2, 0.25) is 5.02 Å². The fourth-order valence-corrected chi connectivity index (χ4v) is 2.78. The molecular formula is C13H14BrClN4O2. The highest BCUT2D eigenvalue weighted by Crippen LogP contribution is 2.33. The second-order valence-electron chi connectivity index (χ2n) is 4.07. The molecule has 0 aliphatic carbocycles. The Balaban J connectivity index is 2.50. The van der Waals surface area contributed by atoms with E-state index in [4.69, 9.17) is 26.9 Å². The summed E-state index contributed by atoms with van der Waals surface area (Å²) in [5, 5.41) is 0.620. The van der Waals surface area contributed by atoms with Crippen LogP contribution in [0.15, 0.2) is 28.9 Å². The van der Waals surface area contributed by atoms with E-state index < -0.39 is 6.04 Å². The lowest BCUT2D eigenvalue weighted by Crippen LogP contribution is -2.30. The number of rotatable bonds is 5. The fourth-order valence-electron chi connectivity index (χ4n) is 1.86. The zero-order valence-corrected chi connectivity index (χ0v) is 13.8. The first-order valence-electron chi connectivity index (χ1n) is 5.96. The summed E-state index contributed by atoms with van der Waals surface area (Å²) in [6, 6.07) is 4.99. The van der Waals surface area contributed by atoms with Gasteiger partial charge in [0.25, 0.3) is 0 Å². The smallest absolute Gasteiger partial charge is 0.240 e. The average molecular weight is 374 g/mol. The molecule has 8 heteroatoms. The Morgan fingerprint density at radius 2 is 2.10 bits per heavy atom. The molecule has 1 atom stereocenters. The van der Waals surface area contributed by atoms with Gasteiger partial charge in [0.15, 0.2) is 0 Å². The molecule has 6 nitrogen and oxygen atoms in total. The molecule has 1 heterocycles. The maximum absolute atomic E-state index is 5.96. The Bertz CT molecular complexity index is 642. The van der Waals surface area contributed by atoms with Crippen LogP contribution in [0.3, 0.4) is 0 Å². The lowest BCUT2D eigenvalue weighted by Gasteiger charge is -2.19. The third kappa shape index (κ3) is 3.44. The maximum Gasteiger partial charge on any atom is 0.240 e. The van der Waals surface area contributed by atoms with Gasteiger partial charge in [-0.15, -0.1) is 0 Å². The molecule has 1 aromatic carbocycles. The number of halogens is 2. The van der Waals surface area contributed by atoms with Crippen molar-refractivity contribution in [2.45, 2.75) is 6.04 Å². The van der Waals surface area contributed by atoms with Crippen molar-refractivity contribution in [1.29, 1.82) is 0 Å². The van der Waals surface area contributed by atoms with Crippen molar-refractivity contribution in [3.63, 3.8) is 0 Å². The molecule has 0 radical (unpaired) electrons. The summed E-state index contributed by atoms with van der Waals surface area (Å²) in [6.45, 7) is 0. The number of aromatic nitrogens is 2. The largest absolute Gasteiger partial charge is 0.480 e. The first-order valence-corrected chi connectivity index (χ1v) is 7.13. The van der Waals surface area contributed by atoms with Crippen molar-refractivity contribution in [3.05, 3.63) is 45.1 Å². The van der Waals surface area contributed by atoms with Crippen LogP contribution in [0, 0.1) is 0 Å². The number of methoxy groups -OCH3 is 2. The van der Waals surface area contributed by atoms with Gasteiger partial charge < -0.3 is 9.47 Å². The van der Waals surface area contributed by atoms with E-state index in [1.165, 1.54) is 20.4 Å². The number of ether oxygens (including phenoxy) is 2. The minimum Gasteiger partial charge on any atom is -0.480 e. The van der Waals surface area contributed by atoms with Gasteiger partial charge in [0.05, 0.1) is 26.5 Å². The standard InChI is InChI=1S/C13H14BrClN4O2/c1-20-10-6-17-12(13(18-10)21-2)11(19-16)8-4-3-7(15)5-9(8)14/h3-6,11,19H,16H2,1-2H3. The van der Waals surface area contributed by atoms with Crippen LogP contribution in [0.5, 0.6) is 11.8 Å². The second kappa shape index (κ2) is 7.04. The molecule has 112 valence electrons. The predicted molar refractivity (Wildman–Crippen MR) is 83.5 cm³/mol. The Labute approximate surface area is 135 Å². The molecule has 1 unspecified atom stereocenters. The topological polar surface area (TPSA) is 82.3 Å². The van der Waals surface area contributed by atoms with Gasteiger partial charge in [-0.25, -0.2) is 10.4 Å². The van der Waals surface area contributed by atoms with Gasteiger partial charge in [-0.2, -0.15) is 4.98 Å². The van der Waals surface area contributed by atoms with Crippen molar-refractivity contribution in [1.82, 2.24) is 15.4 Å². The van der Waals surface area contributed by atoms with E-state index in [2.05, 4.69) is 31.3 Å². The van der Waals surface area contributed by atoms with E-state index in [0.29, 0.717) is 22.5 Å². The van der Waals surface area contributed by atoms with Gasteiger partial charge in [-0.1, -0.05) is 33.6 Å². The summed E-state index contributed by atoms with van der Waals surface area (Å²) in [7, 11) is 3.02. The number of nitrogens with zero attached hydrogens (tertiary/aromatic N) is 2. The van der Waals surface area contributed by atoms with Crippen LogP contribution in [0.1, 0.15) is 17.3 Å². The second-order valence-corrected chi connectivity index (χ2v) is 5.36. The van der Waals surface area contributed by atoms with Gasteiger partial charge in [0.2, 0.25) is 11.8 Å². The zero-order valence-electron chi connectivity index (χ0n) is 11.4. The van der Waals surface area contributed by atoms with Crippen LogP contribution in [0.4, 0.5) is 0 Å². The Kier molecular flexibility index (Phi) is 5.35. The SMILES string of the molecule is COc1cnc(C(NN)c2ccc(Cl)cc2Br)c(OC)n1. The number of hydrogen-bond acceptors (Lipinski definition) is 6. The zero-order chi connectivity index (χ0) is 15.4. The molecule has 21 heavy (non-hydrogen) atoms. The number of nitrogens with two attached hydrogens (primary N) is 1. The third-order valence-corrected chi connectivity index (χ3v) is 3.78. The quantitative estimate of drug-likeness (QED) is 0.619.